The van der Waals surface area contributed by atoms with Gasteiger partial charge >= 0.3 is 0 Å². The van der Waals surface area contributed by atoms with Gasteiger partial charge in [-0.2, -0.15) is 4.31 Å². The summed E-state index contributed by atoms with van der Waals surface area (Å²) in [6.07, 6.45) is 6.73. The van der Waals surface area contributed by atoms with Gasteiger partial charge < -0.3 is 5.32 Å². The largest absolute Gasteiger partial charge is 0.309 e. The van der Waals surface area contributed by atoms with Crippen molar-refractivity contribution in [2.24, 2.45) is 0 Å². The molecule has 2 heterocycles. The van der Waals surface area contributed by atoms with E-state index in [0.29, 0.717) is 18.8 Å². The second-order valence-corrected chi connectivity index (χ2v) is 8.84. The van der Waals surface area contributed by atoms with Crippen LogP contribution in [-0.4, -0.2) is 42.5 Å². The van der Waals surface area contributed by atoms with Gasteiger partial charge in [-0.25, -0.2) is 13.4 Å². The maximum atomic E-state index is 12.7. The average molecular weight is 388 g/mol. The van der Waals surface area contributed by atoms with Crippen molar-refractivity contribution in [3.8, 4) is 0 Å². The zero-order valence-corrected chi connectivity index (χ0v) is 16.3. The van der Waals surface area contributed by atoms with Crippen LogP contribution in [0.2, 0.25) is 0 Å². The van der Waals surface area contributed by atoms with E-state index in [1.54, 1.807) is 6.20 Å². The van der Waals surface area contributed by atoms with E-state index in [2.05, 4.69) is 22.4 Å². The number of carbonyl (C=O) groups excluding carboxylic acids is 1. The summed E-state index contributed by atoms with van der Waals surface area (Å²) in [6.45, 7) is 0.390. The van der Waals surface area contributed by atoms with Crippen molar-refractivity contribution in [2.45, 2.75) is 38.1 Å². The Morgan fingerprint density at radius 2 is 1.89 bits per heavy atom. The first-order chi connectivity index (χ1) is 12.9. The first-order valence-corrected chi connectivity index (χ1v) is 11.0. The van der Waals surface area contributed by atoms with Gasteiger partial charge in [-0.1, -0.05) is 36.8 Å². The molecule has 0 bridgehead atoms. The number of amides is 1. The minimum absolute atomic E-state index is 0.312. The van der Waals surface area contributed by atoms with Crippen LogP contribution >= 0.6 is 0 Å². The number of hydrogen-bond donors (Lipinski definition) is 1. The Kier molecular flexibility index (Phi) is 6.23. The Bertz CT molecular complexity index is 884. The van der Waals surface area contributed by atoms with E-state index >= 15 is 0 Å². The molecule has 0 aliphatic carbocycles. The molecule has 27 heavy (non-hydrogen) atoms. The first kappa shape index (κ1) is 19.5. The Balaban J connectivity index is 1.65. The van der Waals surface area contributed by atoms with Crippen molar-refractivity contribution in [3.63, 3.8) is 0 Å². The molecule has 1 N–H and O–H groups in total. The lowest BCUT2D eigenvalue weighted by atomic mass is 10.0. The number of carbonyl (C=O) groups is 1. The van der Waals surface area contributed by atoms with Crippen molar-refractivity contribution < 1.29 is 13.2 Å². The number of aryl methyl sites for hydroxylation is 2. The fourth-order valence-electron chi connectivity index (χ4n) is 3.41. The SMILES string of the molecule is CS(=O)(=O)N1CCCC[C@H]1C(=O)Nc1cc(CCc2ccccc2)ccn1. The van der Waals surface area contributed by atoms with Gasteiger partial charge in [-0.3, -0.25) is 4.79 Å². The molecule has 1 aromatic heterocycles. The van der Waals surface area contributed by atoms with Gasteiger partial charge in [0.1, 0.15) is 11.9 Å². The summed E-state index contributed by atoms with van der Waals surface area (Å²) in [5.74, 6) is 0.150. The molecule has 1 saturated heterocycles. The number of pyridine rings is 1. The second kappa shape index (κ2) is 8.63. The van der Waals surface area contributed by atoms with Crippen molar-refractivity contribution in [3.05, 3.63) is 59.8 Å². The summed E-state index contributed by atoms with van der Waals surface area (Å²) < 4.78 is 25.2. The van der Waals surface area contributed by atoms with Crippen molar-refractivity contribution >= 4 is 21.7 Å². The molecule has 0 unspecified atom stereocenters. The maximum absolute atomic E-state index is 12.7. The molecule has 1 amide bonds. The molecule has 0 spiro atoms. The fraction of sp³-hybridized carbons (Fsp3) is 0.400. The van der Waals surface area contributed by atoms with Crippen LogP contribution in [0.5, 0.6) is 0 Å². The van der Waals surface area contributed by atoms with Gasteiger partial charge in [0, 0.05) is 12.7 Å². The average Bonchev–Trinajstić information content (AvgIpc) is 2.67. The first-order valence-electron chi connectivity index (χ1n) is 9.20. The molecule has 2 aromatic rings. The van der Waals surface area contributed by atoms with Crippen LogP contribution in [-0.2, 0) is 27.7 Å². The van der Waals surface area contributed by atoms with Crippen LogP contribution in [0, 0.1) is 0 Å². The number of anilines is 1. The fourth-order valence-corrected chi connectivity index (χ4v) is 4.53. The molecule has 144 valence electrons. The van der Waals surface area contributed by atoms with Gasteiger partial charge in [-0.05, 0) is 48.9 Å². The third kappa shape index (κ3) is 5.37. The second-order valence-electron chi connectivity index (χ2n) is 6.91. The summed E-state index contributed by atoms with van der Waals surface area (Å²) in [7, 11) is -3.41. The van der Waals surface area contributed by atoms with E-state index < -0.39 is 16.1 Å². The molecule has 1 aliphatic rings. The van der Waals surface area contributed by atoms with Crippen LogP contribution in [0.15, 0.2) is 48.7 Å². The van der Waals surface area contributed by atoms with Crippen LogP contribution in [0.25, 0.3) is 0 Å². The highest BCUT2D eigenvalue weighted by molar-refractivity contribution is 7.88. The number of hydrogen-bond acceptors (Lipinski definition) is 4. The predicted molar refractivity (Wildman–Crippen MR) is 106 cm³/mol. The molecular formula is C20H25N3O3S. The van der Waals surface area contributed by atoms with Gasteiger partial charge in [0.2, 0.25) is 15.9 Å². The summed E-state index contributed by atoms with van der Waals surface area (Å²) in [4.78, 5) is 16.9. The highest BCUT2D eigenvalue weighted by Crippen LogP contribution is 2.21. The standard InChI is InChI=1S/C20H25N3O3S/c1-27(25,26)23-14-6-5-9-18(23)20(24)22-19-15-17(12-13-21-19)11-10-16-7-3-2-4-8-16/h2-4,7-8,12-13,15,18H,5-6,9-11,14H2,1H3,(H,21,22,24)/t18-/m0/s1. The molecule has 3 rings (SSSR count). The van der Waals surface area contributed by atoms with Gasteiger partial charge in [0.25, 0.3) is 0 Å². The monoisotopic (exact) mass is 387 g/mol. The van der Waals surface area contributed by atoms with E-state index in [0.717, 1.165) is 37.5 Å². The molecule has 6 nitrogen and oxygen atoms in total. The molecule has 1 aliphatic heterocycles. The molecule has 0 saturated carbocycles. The number of piperidine rings is 1. The number of sulfonamides is 1. The van der Waals surface area contributed by atoms with E-state index in [1.807, 2.05) is 30.3 Å². The van der Waals surface area contributed by atoms with Crippen LogP contribution < -0.4 is 5.32 Å². The third-order valence-electron chi connectivity index (χ3n) is 4.80. The van der Waals surface area contributed by atoms with E-state index in [1.165, 1.54) is 9.87 Å². The lowest BCUT2D eigenvalue weighted by Gasteiger charge is -2.32. The zero-order chi connectivity index (χ0) is 19.3. The topological polar surface area (TPSA) is 79.4 Å². The smallest absolute Gasteiger partial charge is 0.243 e. The predicted octanol–water partition coefficient (Wildman–Crippen LogP) is 2.62. The summed E-state index contributed by atoms with van der Waals surface area (Å²) in [5, 5.41) is 2.80. The van der Waals surface area contributed by atoms with E-state index in [9.17, 15) is 13.2 Å². The summed E-state index contributed by atoms with van der Waals surface area (Å²) >= 11 is 0. The van der Waals surface area contributed by atoms with Gasteiger partial charge in [0.05, 0.1) is 6.26 Å². The van der Waals surface area contributed by atoms with Gasteiger partial charge in [0.15, 0.2) is 0 Å². The lowest BCUT2D eigenvalue weighted by Crippen LogP contribution is -2.49. The molecule has 1 atom stereocenters. The summed E-state index contributed by atoms with van der Waals surface area (Å²) in [5.41, 5.74) is 2.33. The quantitative estimate of drug-likeness (QED) is 0.826. The molecule has 1 fully saturated rings. The van der Waals surface area contributed by atoms with Crippen LogP contribution in [0.4, 0.5) is 5.82 Å². The highest BCUT2D eigenvalue weighted by atomic mass is 32.2. The van der Waals surface area contributed by atoms with Crippen molar-refractivity contribution in [2.75, 3.05) is 18.1 Å². The number of nitrogens with one attached hydrogen (secondary N) is 1. The molecule has 1 aromatic carbocycles. The third-order valence-corrected chi connectivity index (χ3v) is 6.09. The minimum Gasteiger partial charge on any atom is -0.309 e. The molecular weight excluding hydrogens is 362 g/mol. The minimum atomic E-state index is -3.41. The van der Waals surface area contributed by atoms with Gasteiger partial charge in [-0.15, -0.1) is 0 Å². The number of rotatable bonds is 6. The highest BCUT2D eigenvalue weighted by Gasteiger charge is 2.34. The molecule has 0 radical (unpaired) electrons. The number of nitrogens with zero attached hydrogens (tertiary/aromatic N) is 2. The maximum Gasteiger partial charge on any atom is 0.243 e. The number of benzene rings is 1. The normalized spacial score (nSPS) is 18.2. The zero-order valence-electron chi connectivity index (χ0n) is 15.5. The van der Waals surface area contributed by atoms with E-state index in [4.69, 9.17) is 0 Å². The van der Waals surface area contributed by atoms with Crippen molar-refractivity contribution in [1.82, 2.24) is 9.29 Å². The van der Waals surface area contributed by atoms with Crippen LogP contribution in [0.1, 0.15) is 30.4 Å². The Hall–Kier alpha value is -2.25. The molecule has 7 heteroatoms. The Labute approximate surface area is 160 Å². The van der Waals surface area contributed by atoms with E-state index in [-0.39, 0.29) is 5.91 Å². The Morgan fingerprint density at radius 3 is 2.63 bits per heavy atom. The Morgan fingerprint density at radius 1 is 1.15 bits per heavy atom. The number of aromatic nitrogens is 1. The van der Waals surface area contributed by atoms with Crippen LogP contribution in [0.3, 0.4) is 0 Å². The van der Waals surface area contributed by atoms with Crippen molar-refractivity contribution in [1.29, 1.82) is 0 Å². The lowest BCUT2D eigenvalue weighted by molar-refractivity contribution is -0.120. The summed E-state index contributed by atoms with van der Waals surface area (Å²) in [6, 6.07) is 13.3.